The predicted molar refractivity (Wildman–Crippen MR) is 57.1 cm³/mol. The van der Waals surface area contributed by atoms with Crippen LogP contribution in [0.5, 0.6) is 5.75 Å². The zero-order chi connectivity index (χ0) is 11.1. The summed E-state index contributed by atoms with van der Waals surface area (Å²) in [6.45, 7) is 2.61. The molecule has 1 unspecified atom stereocenters. The Morgan fingerprint density at radius 2 is 2.07 bits per heavy atom. The molecule has 0 bridgehead atoms. The van der Waals surface area contributed by atoms with Gasteiger partial charge in [0.1, 0.15) is 11.6 Å². The quantitative estimate of drug-likeness (QED) is 0.603. The molecule has 15 heavy (non-hydrogen) atoms. The maximum Gasteiger partial charge on any atom is 0.160 e. The number of aliphatic hydroxyl groups excluding tert-OH is 1. The maximum absolute atomic E-state index is 12.5. The first-order valence-electron chi connectivity index (χ1n) is 4.57. The van der Waals surface area contributed by atoms with E-state index in [4.69, 9.17) is 8.92 Å². The van der Waals surface area contributed by atoms with Crippen LogP contribution in [0.25, 0.3) is 0 Å². The van der Waals surface area contributed by atoms with Crippen molar-refractivity contribution in [1.29, 1.82) is 0 Å². The molecule has 0 radical (unpaired) electrons. The highest BCUT2D eigenvalue weighted by molar-refractivity contribution is 7.95. The summed E-state index contributed by atoms with van der Waals surface area (Å²) in [5, 5.41) is 9.34. The minimum atomic E-state index is -0.741. The standard InChI is InChI=1S/C10H13FO3S/c1-2-13-7-10(12)15-14-9-5-3-8(11)4-6-9/h3-6,10,12H,2,7H2,1H3. The minimum absolute atomic E-state index is 0.211. The third-order valence-corrected chi connectivity index (χ3v) is 2.18. The van der Waals surface area contributed by atoms with Crippen molar-refractivity contribution in [3.8, 4) is 5.75 Å². The minimum Gasteiger partial charge on any atom is -0.423 e. The normalized spacial score (nSPS) is 12.5. The van der Waals surface area contributed by atoms with Crippen LogP contribution in [0.3, 0.4) is 0 Å². The molecule has 1 aromatic rings. The average Bonchev–Trinajstić information content (AvgIpc) is 2.25. The second-order valence-electron chi connectivity index (χ2n) is 2.75. The Morgan fingerprint density at radius 1 is 1.40 bits per heavy atom. The second kappa shape index (κ2) is 6.66. The van der Waals surface area contributed by atoms with Gasteiger partial charge in [0, 0.05) is 6.61 Å². The summed E-state index contributed by atoms with van der Waals surface area (Å²) in [5.74, 6) is 0.180. The maximum atomic E-state index is 12.5. The predicted octanol–water partition coefficient (Wildman–Crippen LogP) is 2.21. The monoisotopic (exact) mass is 232 g/mol. The van der Waals surface area contributed by atoms with E-state index in [9.17, 15) is 9.50 Å². The molecule has 0 aliphatic heterocycles. The van der Waals surface area contributed by atoms with Crippen molar-refractivity contribution in [2.24, 2.45) is 0 Å². The first-order chi connectivity index (χ1) is 7.22. The summed E-state index contributed by atoms with van der Waals surface area (Å²) in [5.41, 5.74) is -0.741. The summed E-state index contributed by atoms with van der Waals surface area (Å²) in [6, 6.07) is 5.58. The molecule has 0 spiro atoms. The Morgan fingerprint density at radius 3 is 2.67 bits per heavy atom. The van der Waals surface area contributed by atoms with Gasteiger partial charge < -0.3 is 14.0 Å². The van der Waals surface area contributed by atoms with Gasteiger partial charge in [-0.05, 0) is 31.2 Å². The fourth-order valence-corrected chi connectivity index (χ4v) is 1.33. The molecule has 1 aromatic carbocycles. The van der Waals surface area contributed by atoms with E-state index in [0.717, 1.165) is 12.0 Å². The van der Waals surface area contributed by atoms with E-state index in [1.165, 1.54) is 24.3 Å². The number of benzene rings is 1. The molecule has 1 N–H and O–H groups in total. The number of hydrogen-bond donors (Lipinski definition) is 1. The van der Waals surface area contributed by atoms with Gasteiger partial charge in [-0.3, -0.25) is 0 Å². The zero-order valence-corrected chi connectivity index (χ0v) is 9.17. The lowest BCUT2D eigenvalue weighted by Gasteiger charge is -2.09. The Bertz CT molecular complexity index is 279. The topological polar surface area (TPSA) is 38.7 Å². The van der Waals surface area contributed by atoms with Crippen molar-refractivity contribution < 1.29 is 18.4 Å². The van der Waals surface area contributed by atoms with E-state index in [0.29, 0.717) is 12.4 Å². The van der Waals surface area contributed by atoms with Gasteiger partial charge in [0.15, 0.2) is 5.44 Å². The molecule has 0 aliphatic carbocycles. The molecule has 0 aromatic heterocycles. The van der Waals surface area contributed by atoms with E-state index < -0.39 is 5.44 Å². The van der Waals surface area contributed by atoms with Crippen LogP contribution in [-0.2, 0) is 4.74 Å². The van der Waals surface area contributed by atoms with E-state index in [2.05, 4.69) is 0 Å². The van der Waals surface area contributed by atoms with Gasteiger partial charge in [-0.15, -0.1) is 0 Å². The first-order valence-corrected chi connectivity index (χ1v) is 5.37. The van der Waals surface area contributed by atoms with Gasteiger partial charge in [-0.1, -0.05) is 0 Å². The van der Waals surface area contributed by atoms with E-state index in [1.807, 2.05) is 6.92 Å². The Hall–Kier alpha value is -0.780. The van der Waals surface area contributed by atoms with Crippen molar-refractivity contribution in [3.05, 3.63) is 30.1 Å². The molecule has 0 saturated carbocycles. The number of aliphatic hydroxyl groups is 1. The molecule has 0 aliphatic rings. The SMILES string of the molecule is CCOCC(O)SOc1ccc(F)cc1. The average molecular weight is 232 g/mol. The summed E-state index contributed by atoms with van der Waals surface area (Å²) in [7, 11) is 0. The largest absolute Gasteiger partial charge is 0.423 e. The second-order valence-corrected chi connectivity index (χ2v) is 3.65. The van der Waals surface area contributed by atoms with Gasteiger partial charge in [0.2, 0.25) is 0 Å². The molecule has 0 amide bonds. The van der Waals surface area contributed by atoms with Crippen LogP contribution in [0, 0.1) is 5.82 Å². The van der Waals surface area contributed by atoms with Gasteiger partial charge in [0.05, 0.1) is 18.6 Å². The van der Waals surface area contributed by atoms with Gasteiger partial charge in [-0.2, -0.15) is 0 Å². The number of hydrogen-bond acceptors (Lipinski definition) is 4. The van der Waals surface area contributed by atoms with Crippen LogP contribution in [-0.4, -0.2) is 23.8 Å². The first kappa shape index (κ1) is 12.3. The molecule has 0 fully saturated rings. The molecule has 1 rings (SSSR count). The fourth-order valence-electron chi connectivity index (χ4n) is 0.848. The third-order valence-electron chi connectivity index (χ3n) is 1.53. The Kier molecular flexibility index (Phi) is 5.45. The van der Waals surface area contributed by atoms with E-state index in [1.54, 1.807) is 0 Å². The molecule has 0 saturated heterocycles. The molecule has 3 nitrogen and oxygen atoms in total. The lowest BCUT2D eigenvalue weighted by molar-refractivity contribution is 0.0839. The zero-order valence-electron chi connectivity index (χ0n) is 8.35. The van der Waals surface area contributed by atoms with E-state index in [-0.39, 0.29) is 12.4 Å². The van der Waals surface area contributed by atoms with Crippen LogP contribution in [0.2, 0.25) is 0 Å². The molecule has 0 heterocycles. The van der Waals surface area contributed by atoms with Crippen molar-refractivity contribution in [2.45, 2.75) is 12.4 Å². The van der Waals surface area contributed by atoms with E-state index >= 15 is 0 Å². The van der Waals surface area contributed by atoms with Crippen LogP contribution in [0.15, 0.2) is 24.3 Å². The van der Waals surface area contributed by atoms with Crippen LogP contribution in [0.1, 0.15) is 6.92 Å². The summed E-state index contributed by atoms with van der Waals surface area (Å²) in [6.07, 6.45) is 0. The molecule has 1 atom stereocenters. The molecule has 5 heteroatoms. The number of halogens is 1. The van der Waals surface area contributed by atoms with Crippen LogP contribution in [0.4, 0.5) is 4.39 Å². The smallest absolute Gasteiger partial charge is 0.160 e. The lowest BCUT2D eigenvalue weighted by Crippen LogP contribution is -2.12. The van der Waals surface area contributed by atoms with Gasteiger partial charge >= 0.3 is 0 Å². The Balaban J connectivity index is 2.27. The van der Waals surface area contributed by atoms with Crippen molar-refractivity contribution in [1.82, 2.24) is 0 Å². The molecular formula is C10H13FO3S. The van der Waals surface area contributed by atoms with Crippen molar-refractivity contribution in [2.75, 3.05) is 13.2 Å². The number of rotatable bonds is 6. The van der Waals surface area contributed by atoms with Gasteiger partial charge in [0.25, 0.3) is 0 Å². The number of ether oxygens (including phenoxy) is 1. The van der Waals surface area contributed by atoms with Crippen LogP contribution >= 0.6 is 12.0 Å². The summed E-state index contributed by atoms with van der Waals surface area (Å²) in [4.78, 5) is 0. The van der Waals surface area contributed by atoms with Crippen molar-refractivity contribution in [3.63, 3.8) is 0 Å². The fraction of sp³-hybridized carbons (Fsp3) is 0.400. The highest BCUT2D eigenvalue weighted by Gasteiger charge is 2.06. The molecular weight excluding hydrogens is 219 g/mol. The molecule has 84 valence electrons. The highest BCUT2D eigenvalue weighted by atomic mass is 32.2. The van der Waals surface area contributed by atoms with Crippen molar-refractivity contribution >= 4 is 12.0 Å². The van der Waals surface area contributed by atoms with Crippen LogP contribution < -0.4 is 4.18 Å². The lowest BCUT2D eigenvalue weighted by atomic mass is 10.3. The third kappa shape index (κ3) is 5.01. The summed E-state index contributed by atoms with van der Waals surface area (Å²) < 4.78 is 22.7. The highest BCUT2D eigenvalue weighted by Crippen LogP contribution is 2.19. The van der Waals surface area contributed by atoms with Gasteiger partial charge in [-0.25, -0.2) is 4.39 Å². The Labute approximate surface area is 92.4 Å². The summed E-state index contributed by atoms with van der Waals surface area (Å²) >= 11 is 0.883.